The van der Waals surface area contributed by atoms with Crippen LogP contribution in [0.2, 0.25) is 0 Å². The third-order valence-electron chi connectivity index (χ3n) is 3.11. The van der Waals surface area contributed by atoms with E-state index in [4.69, 9.17) is 4.74 Å². The highest BCUT2D eigenvalue weighted by molar-refractivity contribution is 5.87. The molecule has 5 heteroatoms. The summed E-state index contributed by atoms with van der Waals surface area (Å²) in [7, 11) is 1.32. The van der Waals surface area contributed by atoms with Crippen molar-refractivity contribution in [1.82, 2.24) is 0 Å². The molecule has 0 amide bonds. The van der Waals surface area contributed by atoms with Crippen LogP contribution < -0.4 is 4.74 Å². The van der Waals surface area contributed by atoms with Crippen molar-refractivity contribution in [2.75, 3.05) is 7.11 Å². The number of hydrogen-bond acceptors (Lipinski definition) is 5. The first-order chi connectivity index (χ1) is 11.3. The number of aliphatic hydroxyl groups is 1. The van der Waals surface area contributed by atoms with Gasteiger partial charge in [0.25, 0.3) is 0 Å². The van der Waals surface area contributed by atoms with Crippen LogP contribution in [0.3, 0.4) is 0 Å². The van der Waals surface area contributed by atoms with Crippen LogP contribution in [-0.2, 0) is 20.7 Å². The van der Waals surface area contributed by atoms with Crippen LogP contribution in [0.1, 0.15) is 38.3 Å². The predicted molar refractivity (Wildman–Crippen MR) is 92.6 cm³/mol. The zero-order valence-corrected chi connectivity index (χ0v) is 14.5. The number of rotatable bonds is 7. The van der Waals surface area contributed by atoms with Crippen LogP contribution >= 0.6 is 0 Å². The lowest BCUT2D eigenvalue weighted by Crippen LogP contribution is -2.15. The summed E-state index contributed by atoms with van der Waals surface area (Å²) >= 11 is 0. The van der Waals surface area contributed by atoms with Gasteiger partial charge in [-0.3, -0.25) is 4.79 Å². The molecule has 0 unspecified atom stereocenters. The Bertz CT molecular complexity index is 637. The summed E-state index contributed by atoms with van der Waals surface area (Å²) in [4.78, 5) is 23.0. The van der Waals surface area contributed by atoms with Crippen molar-refractivity contribution in [1.29, 1.82) is 0 Å². The number of esters is 2. The number of aliphatic hydroxyl groups excluding tert-OH is 1. The first-order valence-electron chi connectivity index (χ1n) is 7.73. The van der Waals surface area contributed by atoms with E-state index >= 15 is 0 Å². The summed E-state index contributed by atoms with van der Waals surface area (Å²) < 4.78 is 9.91. The smallest absolute Gasteiger partial charge is 0.330 e. The second-order valence-corrected chi connectivity index (χ2v) is 5.74. The molecule has 1 atom stereocenters. The number of carbonyl (C=O) groups is 2. The molecule has 0 aliphatic rings. The monoisotopic (exact) mass is 332 g/mol. The Labute approximate surface area is 142 Å². The standard InChI is InChI=1S/C19H24O5/c1-13(2)5-8-16-12-15(7-10-18(21)23-4)6-9-17(16)24-19(22)11-14(3)20/h5-7,9-10,12,14,20H,8,11H2,1-4H3/b10-7+/t14-/m0/s1. The van der Waals surface area contributed by atoms with Gasteiger partial charge in [0.2, 0.25) is 0 Å². The molecule has 0 aliphatic carbocycles. The van der Waals surface area contributed by atoms with E-state index in [0.717, 1.165) is 16.7 Å². The van der Waals surface area contributed by atoms with Crippen LogP contribution in [0.4, 0.5) is 0 Å². The largest absolute Gasteiger partial charge is 0.466 e. The minimum Gasteiger partial charge on any atom is -0.466 e. The Morgan fingerprint density at radius 3 is 2.58 bits per heavy atom. The van der Waals surface area contributed by atoms with Gasteiger partial charge in [-0.2, -0.15) is 0 Å². The van der Waals surface area contributed by atoms with Crippen LogP contribution in [-0.4, -0.2) is 30.3 Å². The Balaban J connectivity index is 3.04. The maximum absolute atomic E-state index is 11.8. The maximum atomic E-state index is 11.8. The molecule has 0 spiro atoms. The first kappa shape index (κ1) is 19.6. The fourth-order valence-electron chi connectivity index (χ4n) is 1.91. The minimum absolute atomic E-state index is 0.0634. The summed E-state index contributed by atoms with van der Waals surface area (Å²) in [6.45, 7) is 5.51. The van der Waals surface area contributed by atoms with Gasteiger partial charge in [-0.05, 0) is 56.5 Å². The molecule has 0 saturated heterocycles. The van der Waals surface area contributed by atoms with E-state index in [2.05, 4.69) is 4.74 Å². The Hall–Kier alpha value is -2.40. The van der Waals surface area contributed by atoms with Gasteiger partial charge >= 0.3 is 11.9 Å². The van der Waals surface area contributed by atoms with E-state index in [1.54, 1.807) is 18.2 Å². The van der Waals surface area contributed by atoms with E-state index < -0.39 is 18.0 Å². The molecule has 1 aromatic rings. The molecule has 0 fully saturated rings. The fraction of sp³-hybridized carbons (Fsp3) is 0.368. The molecule has 0 bridgehead atoms. The molecule has 1 rings (SSSR count). The highest BCUT2D eigenvalue weighted by Gasteiger charge is 2.12. The topological polar surface area (TPSA) is 72.8 Å². The van der Waals surface area contributed by atoms with E-state index in [1.165, 1.54) is 20.1 Å². The van der Waals surface area contributed by atoms with Crippen molar-refractivity contribution in [2.24, 2.45) is 0 Å². The number of ether oxygens (including phenoxy) is 2. The van der Waals surface area contributed by atoms with Gasteiger partial charge in [0.15, 0.2) is 0 Å². The summed E-state index contributed by atoms with van der Waals surface area (Å²) in [5, 5.41) is 9.27. The SMILES string of the molecule is COC(=O)/C=C/c1ccc(OC(=O)C[C@H](C)O)c(CC=C(C)C)c1. The van der Waals surface area contributed by atoms with Gasteiger partial charge in [-0.15, -0.1) is 0 Å². The average Bonchev–Trinajstić information content (AvgIpc) is 2.51. The van der Waals surface area contributed by atoms with Crippen molar-refractivity contribution >= 4 is 18.0 Å². The molecule has 1 aromatic carbocycles. The van der Waals surface area contributed by atoms with Gasteiger partial charge < -0.3 is 14.6 Å². The molecule has 24 heavy (non-hydrogen) atoms. The van der Waals surface area contributed by atoms with Gasteiger partial charge in [-0.25, -0.2) is 4.79 Å². The Morgan fingerprint density at radius 1 is 1.29 bits per heavy atom. The van der Waals surface area contributed by atoms with E-state index in [9.17, 15) is 14.7 Å². The Morgan fingerprint density at radius 2 is 2.00 bits per heavy atom. The normalized spacial score (nSPS) is 11.9. The van der Waals surface area contributed by atoms with Crippen molar-refractivity contribution in [3.8, 4) is 5.75 Å². The Kier molecular flexibility index (Phi) is 7.92. The average molecular weight is 332 g/mol. The third kappa shape index (κ3) is 7.24. The summed E-state index contributed by atoms with van der Waals surface area (Å²) in [6, 6.07) is 5.28. The van der Waals surface area contributed by atoms with E-state index in [-0.39, 0.29) is 6.42 Å². The van der Waals surface area contributed by atoms with Crippen LogP contribution in [0, 0.1) is 0 Å². The van der Waals surface area contributed by atoms with Crippen molar-refractivity contribution in [3.05, 3.63) is 47.1 Å². The predicted octanol–water partition coefficient (Wildman–Crippen LogP) is 3.06. The van der Waals surface area contributed by atoms with Crippen LogP contribution in [0.25, 0.3) is 6.08 Å². The van der Waals surface area contributed by atoms with Crippen LogP contribution in [0.15, 0.2) is 35.9 Å². The van der Waals surface area contributed by atoms with Gasteiger partial charge in [-0.1, -0.05) is 17.7 Å². The van der Waals surface area contributed by atoms with Crippen molar-refractivity contribution < 1.29 is 24.2 Å². The highest BCUT2D eigenvalue weighted by atomic mass is 16.5. The molecule has 0 radical (unpaired) electrons. The maximum Gasteiger partial charge on any atom is 0.330 e. The van der Waals surface area contributed by atoms with Crippen LogP contribution in [0.5, 0.6) is 5.75 Å². The number of carbonyl (C=O) groups excluding carboxylic acids is 2. The molecular weight excluding hydrogens is 308 g/mol. The van der Waals surface area contributed by atoms with E-state index in [1.807, 2.05) is 26.0 Å². The van der Waals surface area contributed by atoms with Crippen molar-refractivity contribution in [2.45, 2.75) is 39.7 Å². The molecule has 0 heterocycles. The fourth-order valence-corrected chi connectivity index (χ4v) is 1.91. The number of methoxy groups -OCH3 is 1. The second kappa shape index (κ2) is 9.67. The molecular formula is C19H24O5. The lowest BCUT2D eigenvalue weighted by Gasteiger charge is -2.11. The van der Waals surface area contributed by atoms with Gasteiger partial charge in [0.05, 0.1) is 19.6 Å². The minimum atomic E-state index is -0.749. The summed E-state index contributed by atoms with van der Waals surface area (Å²) in [6.07, 6.45) is 4.78. The second-order valence-electron chi connectivity index (χ2n) is 5.74. The highest BCUT2D eigenvalue weighted by Crippen LogP contribution is 2.23. The summed E-state index contributed by atoms with van der Waals surface area (Å²) in [5.74, 6) is -0.469. The number of benzene rings is 1. The number of allylic oxidation sites excluding steroid dienone is 2. The quantitative estimate of drug-likeness (QED) is 0.359. The molecule has 5 nitrogen and oxygen atoms in total. The van der Waals surface area contributed by atoms with Gasteiger partial charge in [0, 0.05) is 6.08 Å². The zero-order chi connectivity index (χ0) is 18.1. The molecule has 1 N–H and O–H groups in total. The molecule has 0 saturated carbocycles. The lowest BCUT2D eigenvalue weighted by molar-refractivity contribution is -0.136. The zero-order valence-electron chi connectivity index (χ0n) is 14.5. The number of hydrogen-bond donors (Lipinski definition) is 1. The summed E-state index contributed by atoms with van der Waals surface area (Å²) in [5.41, 5.74) is 2.77. The van der Waals surface area contributed by atoms with E-state index in [0.29, 0.717) is 12.2 Å². The lowest BCUT2D eigenvalue weighted by atomic mass is 10.0. The molecule has 130 valence electrons. The molecule has 0 aromatic heterocycles. The van der Waals surface area contributed by atoms with Gasteiger partial charge in [0.1, 0.15) is 5.75 Å². The molecule has 0 aliphatic heterocycles. The van der Waals surface area contributed by atoms with Crippen molar-refractivity contribution in [3.63, 3.8) is 0 Å². The first-order valence-corrected chi connectivity index (χ1v) is 7.73. The third-order valence-corrected chi connectivity index (χ3v) is 3.11.